The van der Waals surface area contributed by atoms with Crippen LogP contribution >= 0.6 is 0 Å². The summed E-state index contributed by atoms with van der Waals surface area (Å²) in [7, 11) is 4.19. The molecule has 0 aliphatic carbocycles. The van der Waals surface area contributed by atoms with Crippen molar-refractivity contribution in [3.8, 4) is 0 Å². The molecule has 2 aliphatic rings. The Bertz CT molecular complexity index is 521. The lowest BCUT2D eigenvalue weighted by molar-refractivity contribution is -0.146. The fraction of sp³-hybridized carbons (Fsp3) is 0.950. The average molecular weight is 422 g/mol. The molecule has 2 fully saturated rings. The fourth-order valence-electron chi connectivity index (χ4n) is 4.24. The van der Waals surface area contributed by atoms with Crippen LogP contribution in [0, 0.1) is 5.92 Å². The zero-order valence-electron chi connectivity index (χ0n) is 18.4. The van der Waals surface area contributed by atoms with Crippen molar-refractivity contribution in [2.75, 3.05) is 73.1 Å². The van der Waals surface area contributed by atoms with Gasteiger partial charge in [-0.05, 0) is 52.7 Å². The second-order valence-corrected chi connectivity index (χ2v) is 8.44. The highest BCUT2D eigenvalue weighted by Gasteiger charge is 2.36. The van der Waals surface area contributed by atoms with Gasteiger partial charge in [-0.15, -0.1) is 0 Å². The Kier molecular flexibility index (Phi) is 9.03. The molecule has 2 saturated heterocycles. The van der Waals surface area contributed by atoms with E-state index < -0.39 is 12.7 Å². The summed E-state index contributed by atoms with van der Waals surface area (Å²) in [5.74, 6) is 1.11. The third-order valence-electron chi connectivity index (χ3n) is 6.18. The normalized spacial score (nSPS) is 23.3. The minimum absolute atomic E-state index is 0.00374. The number of likely N-dealkylation sites (N-methyl/N-ethyl adjacent to an activating group) is 1. The predicted octanol–water partition coefficient (Wildman–Crippen LogP) is 2.27. The van der Waals surface area contributed by atoms with Crippen molar-refractivity contribution in [3.05, 3.63) is 0 Å². The van der Waals surface area contributed by atoms with Crippen molar-refractivity contribution in [2.24, 2.45) is 10.9 Å². The van der Waals surface area contributed by atoms with Crippen molar-refractivity contribution >= 4 is 5.96 Å². The fourth-order valence-corrected chi connectivity index (χ4v) is 4.24. The minimum atomic E-state index is -4.14. The van der Waals surface area contributed by atoms with Crippen LogP contribution in [0.15, 0.2) is 4.99 Å². The maximum absolute atomic E-state index is 12.8. The topological polar surface area (TPSA) is 43.3 Å². The van der Waals surface area contributed by atoms with Crippen molar-refractivity contribution in [2.45, 2.75) is 44.8 Å². The number of halogens is 3. The Morgan fingerprint density at radius 3 is 2.48 bits per heavy atom. The van der Waals surface area contributed by atoms with Crippen LogP contribution in [0.1, 0.15) is 33.1 Å². The average Bonchev–Trinajstić information content (AvgIpc) is 3.12. The molecule has 170 valence electrons. The van der Waals surface area contributed by atoms with Gasteiger partial charge in [0.1, 0.15) is 0 Å². The second-order valence-electron chi connectivity index (χ2n) is 8.44. The molecular weight excluding hydrogens is 383 g/mol. The first-order valence-corrected chi connectivity index (χ1v) is 10.8. The van der Waals surface area contributed by atoms with Crippen molar-refractivity contribution < 1.29 is 17.9 Å². The lowest BCUT2D eigenvalue weighted by Gasteiger charge is -2.42. The van der Waals surface area contributed by atoms with E-state index in [1.165, 1.54) is 4.90 Å². The van der Waals surface area contributed by atoms with Gasteiger partial charge in [0, 0.05) is 44.9 Å². The molecule has 0 aromatic heterocycles. The molecule has 6 nitrogen and oxygen atoms in total. The van der Waals surface area contributed by atoms with Crippen LogP contribution in [0.25, 0.3) is 0 Å². The SMILES string of the molecule is CCNC(=NCC1(N(C)C)CCOCC1)N1CCC(CN(CC)CC(F)(F)F)C1. The molecule has 2 rings (SSSR count). The minimum Gasteiger partial charge on any atom is -0.381 e. The van der Waals surface area contributed by atoms with Crippen LogP contribution in [-0.4, -0.2) is 105 Å². The maximum Gasteiger partial charge on any atom is 0.401 e. The van der Waals surface area contributed by atoms with Gasteiger partial charge in [-0.1, -0.05) is 6.92 Å². The van der Waals surface area contributed by atoms with Crippen molar-refractivity contribution in [1.29, 1.82) is 0 Å². The molecule has 1 unspecified atom stereocenters. The molecule has 2 aliphatic heterocycles. The molecule has 9 heteroatoms. The van der Waals surface area contributed by atoms with Crippen LogP contribution in [0.5, 0.6) is 0 Å². The highest BCUT2D eigenvalue weighted by atomic mass is 19.4. The van der Waals surface area contributed by atoms with Gasteiger partial charge < -0.3 is 19.9 Å². The third kappa shape index (κ3) is 7.29. The molecule has 2 heterocycles. The second kappa shape index (κ2) is 10.8. The van der Waals surface area contributed by atoms with Gasteiger partial charge in [0.05, 0.1) is 13.1 Å². The lowest BCUT2D eigenvalue weighted by atomic mass is 9.89. The van der Waals surface area contributed by atoms with Crippen LogP contribution in [0.3, 0.4) is 0 Å². The molecule has 29 heavy (non-hydrogen) atoms. The van der Waals surface area contributed by atoms with E-state index in [4.69, 9.17) is 9.73 Å². The summed E-state index contributed by atoms with van der Waals surface area (Å²) in [5.41, 5.74) is 0.00374. The first-order chi connectivity index (χ1) is 13.7. The van der Waals surface area contributed by atoms with Gasteiger partial charge >= 0.3 is 6.18 Å². The van der Waals surface area contributed by atoms with Gasteiger partial charge in [0.25, 0.3) is 0 Å². The van der Waals surface area contributed by atoms with E-state index in [2.05, 4.69) is 29.2 Å². The number of guanidine groups is 1. The number of rotatable bonds is 8. The molecule has 0 amide bonds. The molecule has 1 atom stereocenters. The number of hydrogen-bond acceptors (Lipinski definition) is 4. The van der Waals surface area contributed by atoms with E-state index in [1.807, 2.05) is 6.92 Å². The summed E-state index contributed by atoms with van der Waals surface area (Å²) in [4.78, 5) is 10.9. The summed E-state index contributed by atoms with van der Waals surface area (Å²) >= 11 is 0. The van der Waals surface area contributed by atoms with Gasteiger partial charge in [0.15, 0.2) is 5.96 Å². The Labute approximate surface area is 173 Å². The molecule has 0 bridgehead atoms. The van der Waals surface area contributed by atoms with Gasteiger partial charge in [-0.3, -0.25) is 9.89 Å². The summed E-state index contributed by atoms with van der Waals surface area (Å²) < 4.78 is 43.8. The molecule has 0 aromatic rings. The van der Waals surface area contributed by atoms with Crippen LogP contribution in [0.2, 0.25) is 0 Å². The number of aliphatic imine (C=N–C) groups is 1. The molecule has 0 spiro atoms. The first-order valence-electron chi connectivity index (χ1n) is 10.8. The van der Waals surface area contributed by atoms with E-state index in [9.17, 15) is 13.2 Å². The number of nitrogens with zero attached hydrogens (tertiary/aromatic N) is 4. The molecule has 0 saturated carbocycles. The van der Waals surface area contributed by atoms with Crippen LogP contribution in [-0.2, 0) is 4.74 Å². The summed E-state index contributed by atoms with van der Waals surface area (Å²) in [5, 5.41) is 3.38. The lowest BCUT2D eigenvalue weighted by Crippen LogP contribution is -2.52. The Balaban J connectivity index is 1.99. The zero-order chi connectivity index (χ0) is 21.5. The molecule has 1 N–H and O–H groups in total. The quantitative estimate of drug-likeness (QED) is 0.481. The van der Waals surface area contributed by atoms with Crippen molar-refractivity contribution in [1.82, 2.24) is 20.0 Å². The maximum atomic E-state index is 12.8. The summed E-state index contributed by atoms with van der Waals surface area (Å²) in [6, 6.07) is 0. The largest absolute Gasteiger partial charge is 0.401 e. The van der Waals surface area contributed by atoms with E-state index >= 15 is 0 Å². The van der Waals surface area contributed by atoms with Crippen LogP contribution in [0.4, 0.5) is 13.2 Å². The smallest absolute Gasteiger partial charge is 0.381 e. The standard InChI is InChI=1S/C20H38F3N5O/c1-5-24-18(25-15-19(26(3)4)8-11-29-12-9-19)28-10-7-17(14-28)13-27(6-2)16-20(21,22)23/h17H,5-16H2,1-4H3,(H,24,25). The summed E-state index contributed by atoms with van der Waals surface area (Å²) in [6.45, 7) is 8.44. The highest BCUT2D eigenvalue weighted by molar-refractivity contribution is 5.80. The van der Waals surface area contributed by atoms with Gasteiger partial charge in [-0.25, -0.2) is 0 Å². The molecular formula is C20H38F3N5O. The number of alkyl halides is 3. The number of likely N-dealkylation sites (tertiary alicyclic amines) is 1. The molecule has 0 radical (unpaired) electrons. The monoisotopic (exact) mass is 421 g/mol. The molecule has 0 aromatic carbocycles. The zero-order valence-corrected chi connectivity index (χ0v) is 18.4. The van der Waals surface area contributed by atoms with Crippen LogP contribution < -0.4 is 5.32 Å². The summed E-state index contributed by atoms with van der Waals surface area (Å²) in [6.07, 6.45) is -1.34. The Morgan fingerprint density at radius 2 is 1.93 bits per heavy atom. The van der Waals surface area contributed by atoms with Crippen molar-refractivity contribution in [3.63, 3.8) is 0 Å². The highest BCUT2D eigenvalue weighted by Crippen LogP contribution is 2.27. The predicted molar refractivity (Wildman–Crippen MR) is 110 cm³/mol. The first kappa shape index (κ1) is 24.2. The van der Waals surface area contributed by atoms with E-state index in [1.54, 1.807) is 6.92 Å². The van der Waals surface area contributed by atoms with E-state index in [0.29, 0.717) is 19.6 Å². The number of ether oxygens (including phenoxy) is 1. The Hall–Kier alpha value is -1.06. The van der Waals surface area contributed by atoms with Gasteiger partial charge in [-0.2, -0.15) is 13.2 Å². The number of nitrogens with one attached hydrogen (secondary N) is 1. The third-order valence-corrected chi connectivity index (χ3v) is 6.18. The number of hydrogen-bond donors (Lipinski definition) is 1. The van der Waals surface area contributed by atoms with E-state index in [0.717, 1.165) is 58.1 Å². The Morgan fingerprint density at radius 1 is 1.24 bits per heavy atom. The van der Waals surface area contributed by atoms with E-state index in [-0.39, 0.29) is 11.5 Å². The van der Waals surface area contributed by atoms with Gasteiger partial charge in [0.2, 0.25) is 0 Å².